The largest absolute Gasteiger partial charge is 0.272 e. The smallest absolute Gasteiger partial charge is 0.250 e. The molecule has 3 nitrogen and oxygen atoms in total. The number of benzene rings is 1. The molecule has 0 atom stereocenters. The first-order chi connectivity index (χ1) is 9.30. The van der Waals surface area contributed by atoms with E-state index in [2.05, 4.69) is 53.3 Å². The van der Waals surface area contributed by atoms with Gasteiger partial charge in [-0.3, -0.25) is 4.79 Å². The van der Waals surface area contributed by atoms with Crippen LogP contribution in [0.3, 0.4) is 0 Å². The number of amides is 1. The van der Waals surface area contributed by atoms with E-state index in [4.69, 9.17) is 0 Å². The molecule has 0 aromatic heterocycles. The molecule has 5 heteroatoms. The fraction of sp³-hybridized carbons (Fsp3) is 0.467. The topological polar surface area (TPSA) is 41.5 Å². The van der Waals surface area contributed by atoms with Gasteiger partial charge in [0.2, 0.25) is 5.91 Å². The first-order valence-electron chi connectivity index (χ1n) is 6.45. The predicted molar refractivity (Wildman–Crippen MR) is 91.0 cm³/mol. The number of rotatable bonds is 5. The highest BCUT2D eigenvalue weighted by Gasteiger charge is 2.14. The lowest BCUT2D eigenvalue weighted by atomic mass is 9.91. The standard InChI is InChI=1S/C15H21BrN2OS/c1-11(15(2,3)4)17-18-14(19)10-20-9-12-7-5-6-8-13(12)16/h5-8H,9-10H2,1-4H3,(H,18,19). The number of hydrogen-bond donors (Lipinski definition) is 1. The van der Waals surface area contributed by atoms with E-state index in [1.165, 1.54) is 5.56 Å². The van der Waals surface area contributed by atoms with E-state index >= 15 is 0 Å². The number of nitrogens with one attached hydrogen (secondary N) is 1. The van der Waals surface area contributed by atoms with Gasteiger partial charge in [0, 0.05) is 21.4 Å². The zero-order chi connectivity index (χ0) is 15.2. The maximum absolute atomic E-state index is 11.7. The second-order valence-electron chi connectivity index (χ2n) is 5.57. The van der Waals surface area contributed by atoms with Crippen molar-refractivity contribution in [2.75, 3.05) is 5.75 Å². The number of carbonyl (C=O) groups is 1. The predicted octanol–water partition coefficient (Wildman–Crippen LogP) is 4.22. The van der Waals surface area contributed by atoms with Crippen LogP contribution in [0.2, 0.25) is 0 Å². The maximum atomic E-state index is 11.7. The fourth-order valence-corrected chi connectivity index (χ4v) is 2.65. The molecule has 0 saturated heterocycles. The summed E-state index contributed by atoms with van der Waals surface area (Å²) in [6.07, 6.45) is 0. The molecule has 1 amide bonds. The normalized spacial score (nSPS) is 12.3. The van der Waals surface area contributed by atoms with Crippen LogP contribution < -0.4 is 5.43 Å². The van der Waals surface area contributed by atoms with E-state index in [9.17, 15) is 4.79 Å². The lowest BCUT2D eigenvalue weighted by Crippen LogP contribution is -2.25. The Kier molecular flexibility index (Phi) is 6.76. The number of nitrogens with zero attached hydrogens (tertiary/aromatic N) is 1. The van der Waals surface area contributed by atoms with E-state index in [1.54, 1.807) is 11.8 Å². The first-order valence-corrected chi connectivity index (χ1v) is 8.40. The third kappa shape index (κ3) is 6.09. The van der Waals surface area contributed by atoms with Crippen molar-refractivity contribution in [1.29, 1.82) is 0 Å². The van der Waals surface area contributed by atoms with Gasteiger partial charge in [-0.15, -0.1) is 11.8 Å². The van der Waals surface area contributed by atoms with Gasteiger partial charge in [-0.1, -0.05) is 54.9 Å². The molecule has 0 radical (unpaired) electrons. The van der Waals surface area contributed by atoms with Crippen LogP contribution in [0.1, 0.15) is 33.3 Å². The molecule has 0 aliphatic heterocycles. The van der Waals surface area contributed by atoms with Gasteiger partial charge in [0.1, 0.15) is 0 Å². The second-order valence-corrected chi connectivity index (χ2v) is 7.41. The summed E-state index contributed by atoms with van der Waals surface area (Å²) in [5.41, 5.74) is 4.70. The highest BCUT2D eigenvalue weighted by molar-refractivity contribution is 9.10. The molecule has 1 aromatic rings. The zero-order valence-corrected chi connectivity index (χ0v) is 14.8. The van der Waals surface area contributed by atoms with E-state index in [0.29, 0.717) is 5.75 Å². The molecule has 0 aliphatic rings. The quantitative estimate of drug-likeness (QED) is 0.633. The van der Waals surface area contributed by atoms with Gasteiger partial charge < -0.3 is 0 Å². The minimum atomic E-state index is -0.0642. The van der Waals surface area contributed by atoms with Crippen LogP contribution in [0, 0.1) is 5.41 Å². The maximum Gasteiger partial charge on any atom is 0.250 e. The molecule has 0 aliphatic carbocycles. The average Bonchev–Trinajstić information content (AvgIpc) is 2.37. The summed E-state index contributed by atoms with van der Waals surface area (Å²) < 4.78 is 1.08. The summed E-state index contributed by atoms with van der Waals surface area (Å²) in [5.74, 6) is 1.14. The summed E-state index contributed by atoms with van der Waals surface area (Å²) in [5, 5.41) is 4.13. The third-order valence-corrected chi connectivity index (χ3v) is 4.64. The van der Waals surface area contributed by atoms with Gasteiger partial charge >= 0.3 is 0 Å². The van der Waals surface area contributed by atoms with Crippen molar-refractivity contribution in [3.05, 3.63) is 34.3 Å². The summed E-state index contributed by atoms with van der Waals surface area (Å²) in [6, 6.07) is 8.04. The van der Waals surface area contributed by atoms with Crippen LogP contribution >= 0.6 is 27.7 Å². The van der Waals surface area contributed by atoms with Gasteiger partial charge in [-0.25, -0.2) is 5.43 Å². The Labute approximate surface area is 133 Å². The average molecular weight is 357 g/mol. The van der Waals surface area contributed by atoms with E-state index in [-0.39, 0.29) is 11.3 Å². The minimum Gasteiger partial charge on any atom is -0.272 e. The molecule has 20 heavy (non-hydrogen) atoms. The van der Waals surface area contributed by atoms with Gasteiger partial charge in [-0.2, -0.15) is 5.10 Å². The summed E-state index contributed by atoms with van der Waals surface area (Å²) in [7, 11) is 0. The van der Waals surface area contributed by atoms with Crippen LogP contribution in [0.15, 0.2) is 33.8 Å². The first kappa shape index (κ1) is 17.2. The SMILES string of the molecule is CC(=NNC(=O)CSCc1ccccc1Br)C(C)(C)C. The molecule has 1 rings (SSSR count). The number of thioether (sulfide) groups is 1. The van der Waals surface area contributed by atoms with Gasteiger partial charge in [0.05, 0.1) is 5.75 Å². The van der Waals surface area contributed by atoms with E-state index in [1.807, 2.05) is 25.1 Å². The third-order valence-electron chi connectivity index (χ3n) is 2.88. The van der Waals surface area contributed by atoms with Gasteiger partial charge in [0.25, 0.3) is 0 Å². The Bertz CT molecular complexity index is 495. The molecular weight excluding hydrogens is 336 g/mol. The van der Waals surface area contributed by atoms with Crippen LogP contribution in [0.4, 0.5) is 0 Å². The van der Waals surface area contributed by atoms with Crippen molar-refractivity contribution in [1.82, 2.24) is 5.43 Å². The van der Waals surface area contributed by atoms with Gasteiger partial charge in [0.15, 0.2) is 0 Å². The Morgan fingerprint density at radius 2 is 2.00 bits per heavy atom. The van der Waals surface area contributed by atoms with Crippen molar-refractivity contribution in [3.8, 4) is 0 Å². The summed E-state index contributed by atoms with van der Waals surface area (Å²) >= 11 is 5.08. The van der Waals surface area contributed by atoms with Gasteiger partial charge in [-0.05, 0) is 18.6 Å². The minimum absolute atomic E-state index is 0.0185. The second kappa shape index (κ2) is 7.84. The summed E-state index contributed by atoms with van der Waals surface area (Å²) in [4.78, 5) is 11.7. The molecular formula is C15H21BrN2OS. The van der Waals surface area contributed by atoms with Crippen molar-refractivity contribution in [2.24, 2.45) is 10.5 Å². The lowest BCUT2D eigenvalue weighted by molar-refractivity contribution is -0.118. The Morgan fingerprint density at radius 3 is 2.60 bits per heavy atom. The summed E-state index contributed by atoms with van der Waals surface area (Å²) in [6.45, 7) is 8.13. The monoisotopic (exact) mass is 356 g/mol. The molecule has 0 heterocycles. The lowest BCUT2D eigenvalue weighted by Gasteiger charge is -2.17. The van der Waals surface area contributed by atoms with Crippen molar-refractivity contribution < 1.29 is 4.79 Å². The van der Waals surface area contributed by atoms with Crippen LogP contribution in [-0.4, -0.2) is 17.4 Å². The van der Waals surface area contributed by atoms with Crippen molar-refractivity contribution in [2.45, 2.75) is 33.4 Å². The van der Waals surface area contributed by atoms with E-state index < -0.39 is 0 Å². The van der Waals surface area contributed by atoms with Crippen LogP contribution in [0.5, 0.6) is 0 Å². The number of hydrazone groups is 1. The molecule has 110 valence electrons. The Balaban J connectivity index is 2.36. The highest BCUT2D eigenvalue weighted by Crippen LogP contribution is 2.21. The molecule has 0 saturated carbocycles. The molecule has 1 N–H and O–H groups in total. The Morgan fingerprint density at radius 1 is 1.35 bits per heavy atom. The molecule has 0 bridgehead atoms. The molecule has 0 fully saturated rings. The number of halogens is 1. The van der Waals surface area contributed by atoms with Crippen molar-refractivity contribution >= 4 is 39.3 Å². The van der Waals surface area contributed by atoms with Crippen LogP contribution in [-0.2, 0) is 10.5 Å². The van der Waals surface area contributed by atoms with Crippen LogP contribution in [0.25, 0.3) is 0 Å². The number of carbonyl (C=O) groups excluding carboxylic acids is 1. The van der Waals surface area contributed by atoms with Crippen molar-refractivity contribution in [3.63, 3.8) is 0 Å². The molecule has 0 spiro atoms. The highest BCUT2D eigenvalue weighted by atomic mass is 79.9. The molecule has 0 unspecified atom stereocenters. The number of hydrogen-bond acceptors (Lipinski definition) is 3. The molecule has 1 aromatic carbocycles. The fourth-order valence-electron chi connectivity index (χ4n) is 1.22. The Hall–Kier alpha value is -0.810. The van der Waals surface area contributed by atoms with E-state index in [0.717, 1.165) is 15.9 Å². The zero-order valence-electron chi connectivity index (χ0n) is 12.4.